The molecule has 6 heteroatoms. The minimum absolute atomic E-state index is 0.0780. The minimum atomic E-state index is -1.05. The Morgan fingerprint density at radius 2 is 1.95 bits per heavy atom. The molecule has 0 bridgehead atoms. The zero-order valence-electron chi connectivity index (χ0n) is 12.2. The van der Waals surface area contributed by atoms with Gasteiger partial charge in [0.05, 0.1) is 24.8 Å². The first-order valence-corrected chi connectivity index (χ1v) is 6.90. The number of aromatic carboxylic acids is 1. The van der Waals surface area contributed by atoms with Gasteiger partial charge in [0.25, 0.3) is 0 Å². The number of benzene rings is 2. The van der Waals surface area contributed by atoms with E-state index in [0.717, 1.165) is 17.0 Å². The molecule has 0 aromatic heterocycles. The van der Waals surface area contributed by atoms with Crippen molar-refractivity contribution in [3.8, 4) is 11.5 Å². The number of halogens is 1. The molecular formula is C16H16ClNO4. The minimum Gasteiger partial charge on any atom is -0.497 e. The van der Waals surface area contributed by atoms with Crippen molar-refractivity contribution in [3.05, 3.63) is 52.5 Å². The highest BCUT2D eigenvalue weighted by molar-refractivity contribution is 6.33. The summed E-state index contributed by atoms with van der Waals surface area (Å²) in [6.07, 6.45) is 0. The summed E-state index contributed by atoms with van der Waals surface area (Å²) in [6.45, 7) is 0.510. The number of anilines is 1. The number of carbonyl (C=O) groups is 1. The van der Waals surface area contributed by atoms with Crippen LogP contribution < -0.4 is 14.8 Å². The Morgan fingerprint density at radius 3 is 2.55 bits per heavy atom. The Morgan fingerprint density at radius 1 is 1.18 bits per heavy atom. The molecule has 2 rings (SSSR count). The number of ether oxygens (including phenoxy) is 2. The van der Waals surface area contributed by atoms with Crippen molar-refractivity contribution in [1.29, 1.82) is 0 Å². The van der Waals surface area contributed by atoms with Crippen molar-refractivity contribution in [2.75, 3.05) is 19.5 Å². The number of rotatable bonds is 6. The number of carboxylic acid groups (broad SMARTS) is 1. The van der Waals surface area contributed by atoms with Gasteiger partial charge in [-0.25, -0.2) is 4.79 Å². The molecule has 0 spiro atoms. The predicted molar refractivity (Wildman–Crippen MR) is 85.3 cm³/mol. The van der Waals surface area contributed by atoms with Crippen LogP contribution in [0.2, 0.25) is 5.02 Å². The monoisotopic (exact) mass is 321 g/mol. The molecule has 5 nitrogen and oxygen atoms in total. The van der Waals surface area contributed by atoms with Crippen LogP contribution in [0.15, 0.2) is 36.4 Å². The smallest absolute Gasteiger partial charge is 0.337 e. The van der Waals surface area contributed by atoms with E-state index < -0.39 is 5.97 Å². The fourth-order valence-electron chi connectivity index (χ4n) is 1.99. The lowest BCUT2D eigenvalue weighted by atomic mass is 10.1. The quantitative estimate of drug-likeness (QED) is 0.849. The van der Waals surface area contributed by atoms with E-state index in [-0.39, 0.29) is 10.6 Å². The molecule has 2 aromatic rings. The summed E-state index contributed by atoms with van der Waals surface area (Å²) in [6, 6.07) is 10.3. The van der Waals surface area contributed by atoms with Gasteiger partial charge in [0.2, 0.25) is 0 Å². The van der Waals surface area contributed by atoms with E-state index in [1.54, 1.807) is 32.4 Å². The second-order valence-corrected chi connectivity index (χ2v) is 4.94. The first kappa shape index (κ1) is 16.0. The van der Waals surface area contributed by atoms with Crippen molar-refractivity contribution in [2.45, 2.75) is 6.54 Å². The van der Waals surface area contributed by atoms with Crippen LogP contribution in [-0.2, 0) is 6.54 Å². The molecule has 0 saturated carbocycles. The lowest BCUT2D eigenvalue weighted by Gasteiger charge is -2.12. The van der Waals surface area contributed by atoms with Crippen molar-refractivity contribution < 1.29 is 19.4 Å². The highest BCUT2D eigenvalue weighted by Gasteiger charge is 2.09. The lowest BCUT2D eigenvalue weighted by Crippen LogP contribution is -2.03. The second kappa shape index (κ2) is 7.04. The van der Waals surface area contributed by atoms with Crippen LogP contribution in [0.25, 0.3) is 0 Å². The maximum absolute atomic E-state index is 10.9. The third-order valence-electron chi connectivity index (χ3n) is 3.18. The molecule has 0 aliphatic heterocycles. The van der Waals surface area contributed by atoms with E-state index in [2.05, 4.69) is 5.32 Å². The molecule has 0 unspecified atom stereocenters. The van der Waals surface area contributed by atoms with Crippen molar-refractivity contribution >= 4 is 23.3 Å². The average Bonchev–Trinajstić information content (AvgIpc) is 2.52. The molecule has 0 radical (unpaired) electrons. The summed E-state index contributed by atoms with van der Waals surface area (Å²) < 4.78 is 10.5. The summed E-state index contributed by atoms with van der Waals surface area (Å²) in [4.78, 5) is 10.9. The van der Waals surface area contributed by atoms with E-state index >= 15 is 0 Å². The molecule has 22 heavy (non-hydrogen) atoms. The number of hydrogen-bond donors (Lipinski definition) is 2. The largest absolute Gasteiger partial charge is 0.497 e. The molecule has 0 fully saturated rings. The maximum atomic E-state index is 10.9. The van der Waals surface area contributed by atoms with Gasteiger partial charge in [0.15, 0.2) is 0 Å². The summed E-state index contributed by atoms with van der Waals surface area (Å²) in [7, 11) is 3.19. The van der Waals surface area contributed by atoms with Crippen molar-refractivity contribution in [3.63, 3.8) is 0 Å². The van der Waals surface area contributed by atoms with Gasteiger partial charge in [-0.3, -0.25) is 0 Å². The van der Waals surface area contributed by atoms with E-state index in [1.807, 2.05) is 12.1 Å². The van der Waals surface area contributed by atoms with Gasteiger partial charge in [-0.2, -0.15) is 0 Å². The average molecular weight is 322 g/mol. The summed E-state index contributed by atoms with van der Waals surface area (Å²) in [5.74, 6) is 0.378. The topological polar surface area (TPSA) is 67.8 Å². The first-order chi connectivity index (χ1) is 10.5. The van der Waals surface area contributed by atoms with Crippen LogP contribution in [0, 0.1) is 0 Å². The Hall–Kier alpha value is -2.40. The van der Waals surface area contributed by atoms with E-state index in [9.17, 15) is 4.79 Å². The summed E-state index contributed by atoms with van der Waals surface area (Å²) >= 11 is 5.94. The Labute approximate surface area is 133 Å². The van der Waals surface area contributed by atoms with Gasteiger partial charge in [0.1, 0.15) is 11.5 Å². The third kappa shape index (κ3) is 3.62. The molecule has 0 aliphatic carbocycles. The molecule has 2 N–H and O–H groups in total. The van der Waals surface area contributed by atoms with Gasteiger partial charge >= 0.3 is 5.97 Å². The van der Waals surface area contributed by atoms with Crippen LogP contribution in [0.4, 0.5) is 5.69 Å². The normalized spacial score (nSPS) is 10.1. The fourth-order valence-corrected chi connectivity index (χ4v) is 2.26. The SMILES string of the molecule is COc1ccc(CNc2ccc(C(=O)O)c(Cl)c2)c(OC)c1. The Bertz CT molecular complexity index is 688. The second-order valence-electron chi connectivity index (χ2n) is 4.53. The molecule has 116 valence electrons. The number of hydrogen-bond acceptors (Lipinski definition) is 4. The number of nitrogens with one attached hydrogen (secondary N) is 1. The van der Waals surface area contributed by atoms with Crippen molar-refractivity contribution in [1.82, 2.24) is 0 Å². The zero-order chi connectivity index (χ0) is 16.1. The standard InChI is InChI=1S/C16H16ClNO4/c1-21-12-5-3-10(15(8-12)22-2)9-18-11-4-6-13(16(19)20)14(17)7-11/h3-8,18H,9H2,1-2H3,(H,19,20). The lowest BCUT2D eigenvalue weighted by molar-refractivity contribution is 0.0697. The molecule has 0 saturated heterocycles. The summed E-state index contributed by atoms with van der Waals surface area (Å²) in [5, 5.41) is 12.3. The number of carboxylic acids is 1. The van der Waals surface area contributed by atoms with Gasteiger partial charge in [-0.1, -0.05) is 11.6 Å². The first-order valence-electron chi connectivity index (χ1n) is 6.52. The van der Waals surface area contributed by atoms with Crippen LogP contribution in [0.1, 0.15) is 15.9 Å². The summed E-state index contributed by atoms with van der Waals surface area (Å²) in [5.41, 5.74) is 1.75. The molecule has 0 aliphatic rings. The molecular weight excluding hydrogens is 306 g/mol. The van der Waals surface area contributed by atoms with E-state index in [0.29, 0.717) is 12.3 Å². The van der Waals surface area contributed by atoms with E-state index in [1.165, 1.54) is 6.07 Å². The molecule has 0 atom stereocenters. The van der Waals surface area contributed by atoms with Crippen LogP contribution >= 0.6 is 11.6 Å². The van der Waals surface area contributed by atoms with Gasteiger partial charge in [-0.15, -0.1) is 0 Å². The highest BCUT2D eigenvalue weighted by Crippen LogP contribution is 2.26. The van der Waals surface area contributed by atoms with Crippen LogP contribution in [0.3, 0.4) is 0 Å². The van der Waals surface area contributed by atoms with Gasteiger partial charge in [-0.05, 0) is 30.3 Å². The molecule has 0 heterocycles. The predicted octanol–water partition coefficient (Wildman–Crippen LogP) is 3.67. The van der Waals surface area contributed by atoms with Crippen LogP contribution in [0.5, 0.6) is 11.5 Å². The zero-order valence-corrected chi connectivity index (χ0v) is 13.0. The molecule has 0 amide bonds. The van der Waals surface area contributed by atoms with Crippen LogP contribution in [-0.4, -0.2) is 25.3 Å². The van der Waals surface area contributed by atoms with Gasteiger partial charge < -0.3 is 19.9 Å². The highest BCUT2D eigenvalue weighted by atomic mass is 35.5. The fraction of sp³-hybridized carbons (Fsp3) is 0.188. The van der Waals surface area contributed by atoms with Crippen molar-refractivity contribution in [2.24, 2.45) is 0 Å². The Kier molecular flexibility index (Phi) is 5.12. The van der Waals surface area contributed by atoms with Gasteiger partial charge in [0, 0.05) is 23.9 Å². The number of methoxy groups -OCH3 is 2. The third-order valence-corrected chi connectivity index (χ3v) is 3.49. The molecule has 2 aromatic carbocycles. The van der Waals surface area contributed by atoms with E-state index in [4.69, 9.17) is 26.2 Å². The maximum Gasteiger partial charge on any atom is 0.337 e. The Balaban J connectivity index is 2.13.